The van der Waals surface area contributed by atoms with Gasteiger partial charge in [0.05, 0.1) is 25.4 Å². The Hall–Kier alpha value is -4.05. The van der Waals surface area contributed by atoms with Crippen LogP contribution < -0.4 is 21.5 Å². The Morgan fingerprint density at radius 2 is 2.10 bits per heavy atom. The average Bonchev–Trinajstić information content (AvgIpc) is 3.26. The largest absolute Gasteiger partial charge is 0.496 e. The number of hydrogen-bond donors (Lipinski definition) is 4. The van der Waals surface area contributed by atoms with E-state index in [1.54, 1.807) is 36.3 Å². The topological polar surface area (TPSA) is 152 Å². The zero-order chi connectivity index (χ0) is 22.4. The van der Waals surface area contributed by atoms with Crippen LogP contribution in [0.15, 0.2) is 58.2 Å². The van der Waals surface area contributed by atoms with E-state index in [0.717, 1.165) is 11.1 Å². The smallest absolute Gasteiger partial charge is 0.299 e. The number of amidine groups is 1. The Labute approximate surface area is 179 Å². The lowest BCUT2D eigenvalue weighted by atomic mass is 10.1. The lowest BCUT2D eigenvalue weighted by molar-refractivity contribution is -0.128. The molecule has 0 spiro atoms. The lowest BCUT2D eigenvalue weighted by Crippen LogP contribution is -2.32. The summed E-state index contributed by atoms with van der Waals surface area (Å²) in [6.07, 6.45) is 1.61. The summed E-state index contributed by atoms with van der Waals surface area (Å²) in [6, 6.07) is 12.9. The Morgan fingerprint density at radius 3 is 2.81 bits per heavy atom. The summed E-state index contributed by atoms with van der Waals surface area (Å²) in [5, 5.41) is 14.9. The van der Waals surface area contributed by atoms with Crippen molar-refractivity contribution in [1.29, 1.82) is 0 Å². The summed E-state index contributed by atoms with van der Waals surface area (Å²) in [6.45, 7) is 0.343. The van der Waals surface area contributed by atoms with Gasteiger partial charge in [-0.3, -0.25) is 4.79 Å². The predicted octanol–water partition coefficient (Wildman–Crippen LogP) is 2.11. The molecule has 162 valence electrons. The van der Waals surface area contributed by atoms with Crippen LogP contribution in [0.5, 0.6) is 5.75 Å². The SMILES string of the molecule is COc1cc(Nc2ncc(-c3ccccc3CN(C)C(=O)CN)o2)ccc1/C(N)=N/O. The predicted molar refractivity (Wildman–Crippen MR) is 116 cm³/mol. The van der Waals surface area contributed by atoms with Crippen molar-refractivity contribution in [2.75, 3.05) is 26.0 Å². The van der Waals surface area contributed by atoms with Gasteiger partial charge in [0.1, 0.15) is 5.75 Å². The lowest BCUT2D eigenvalue weighted by Gasteiger charge is -2.17. The maximum absolute atomic E-state index is 11.8. The van der Waals surface area contributed by atoms with Gasteiger partial charge in [-0.2, -0.15) is 0 Å². The van der Waals surface area contributed by atoms with Gasteiger partial charge >= 0.3 is 0 Å². The Morgan fingerprint density at radius 1 is 1.32 bits per heavy atom. The minimum atomic E-state index is -0.154. The number of likely N-dealkylation sites (N-methyl/N-ethyl adjacent to an activating group) is 1. The van der Waals surface area contributed by atoms with E-state index in [1.165, 1.54) is 7.11 Å². The van der Waals surface area contributed by atoms with Gasteiger partial charge in [-0.1, -0.05) is 29.4 Å². The molecule has 0 aliphatic carbocycles. The Bertz CT molecular complexity index is 1090. The summed E-state index contributed by atoms with van der Waals surface area (Å²) < 4.78 is 11.2. The highest BCUT2D eigenvalue weighted by Crippen LogP contribution is 2.29. The van der Waals surface area contributed by atoms with Gasteiger partial charge in [-0.15, -0.1) is 0 Å². The molecule has 10 heteroatoms. The summed E-state index contributed by atoms with van der Waals surface area (Å²) in [4.78, 5) is 17.7. The molecule has 0 aliphatic heterocycles. The molecule has 0 bridgehead atoms. The van der Waals surface area contributed by atoms with Crippen LogP contribution in [-0.4, -0.2) is 47.5 Å². The number of carbonyl (C=O) groups excluding carboxylic acids is 1. The van der Waals surface area contributed by atoms with E-state index < -0.39 is 0 Å². The molecule has 3 aromatic rings. The van der Waals surface area contributed by atoms with Crippen LogP contribution in [0.3, 0.4) is 0 Å². The first-order chi connectivity index (χ1) is 15.0. The highest BCUT2D eigenvalue weighted by atomic mass is 16.5. The molecule has 0 aliphatic rings. The number of benzene rings is 2. The Balaban J connectivity index is 1.82. The van der Waals surface area contributed by atoms with E-state index in [2.05, 4.69) is 15.5 Å². The first-order valence-electron chi connectivity index (χ1n) is 9.38. The van der Waals surface area contributed by atoms with Crippen molar-refractivity contribution >= 4 is 23.4 Å². The van der Waals surface area contributed by atoms with E-state index in [0.29, 0.717) is 29.3 Å². The van der Waals surface area contributed by atoms with Gasteiger partial charge in [-0.05, 0) is 17.7 Å². The number of hydrogen-bond acceptors (Lipinski definition) is 8. The first kappa shape index (κ1) is 21.7. The molecule has 31 heavy (non-hydrogen) atoms. The third kappa shape index (κ3) is 4.93. The maximum atomic E-state index is 11.8. The maximum Gasteiger partial charge on any atom is 0.299 e. The molecule has 0 saturated carbocycles. The number of methoxy groups -OCH3 is 1. The number of rotatable bonds is 8. The van der Waals surface area contributed by atoms with Crippen molar-refractivity contribution in [3.05, 3.63) is 59.8 Å². The number of anilines is 2. The molecule has 0 atom stereocenters. The molecule has 10 nitrogen and oxygen atoms in total. The number of oxime groups is 1. The molecular formula is C21H24N6O4. The Kier molecular flexibility index (Phi) is 6.73. The molecule has 1 aromatic heterocycles. The third-order valence-corrected chi connectivity index (χ3v) is 4.63. The number of nitrogens with zero attached hydrogens (tertiary/aromatic N) is 3. The summed E-state index contributed by atoms with van der Waals surface area (Å²) in [7, 11) is 3.19. The summed E-state index contributed by atoms with van der Waals surface area (Å²) >= 11 is 0. The number of nitrogens with two attached hydrogens (primary N) is 2. The number of carbonyl (C=O) groups is 1. The standard InChI is InChI=1S/C21H24N6O4/c1-27(19(28)10-22)12-13-5-3-4-6-15(13)18-11-24-21(31-18)25-14-7-8-16(20(23)26-29)17(9-14)30-2/h3-9,11,29H,10,12,22H2,1-2H3,(H2,23,26)(H,24,25). The van der Waals surface area contributed by atoms with Crippen molar-refractivity contribution in [3.63, 3.8) is 0 Å². The van der Waals surface area contributed by atoms with E-state index >= 15 is 0 Å². The van der Waals surface area contributed by atoms with E-state index in [-0.39, 0.29) is 24.3 Å². The van der Waals surface area contributed by atoms with Gasteiger partial charge < -0.3 is 36.0 Å². The van der Waals surface area contributed by atoms with Crippen molar-refractivity contribution < 1.29 is 19.2 Å². The number of nitrogens with one attached hydrogen (secondary N) is 1. The molecule has 0 radical (unpaired) electrons. The molecular weight excluding hydrogens is 400 g/mol. The highest BCUT2D eigenvalue weighted by molar-refractivity contribution is 6.00. The average molecular weight is 424 g/mol. The highest BCUT2D eigenvalue weighted by Gasteiger charge is 2.15. The fourth-order valence-electron chi connectivity index (χ4n) is 3.01. The molecule has 1 amide bonds. The molecule has 0 fully saturated rings. The van der Waals surface area contributed by atoms with Crippen molar-refractivity contribution in [2.45, 2.75) is 6.54 Å². The van der Waals surface area contributed by atoms with Gasteiger partial charge in [0, 0.05) is 30.9 Å². The molecule has 3 rings (SSSR count). The van der Waals surface area contributed by atoms with Crippen LogP contribution in [0, 0.1) is 0 Å². The second-order valence-corrected chi connectivity index (χ2v) is 6.67. The van der Waals surface area contributed by atoms with Crippen LogP contribution >= 0.6 is 0 Å². The minimum absolute atomic E-state index is 0.0485. The first-order valence-corrected chi connectivity index (χ1v) is 9.38. The van der Waals surface area contributed by atoms with Crippen LogP contribution in [0.1, 0.15) is 11.1 Å². The fraction of sp³-hybridized carbons (Fsp3) is 0.190. The summed E-state index contributed by atoms with van der Waals surface area (Å²) in [5.74, 6) is 0.757. The zero-order valence-corrected chi connectivity index (χ0v) is 17.2. The number of oxazole rings is 1. The fourth-order valence-corrected chi connectivity index (χ4v) is 3.01. The van der Waals surface area contributed by atoms with E-state index in [1.807, 2.05) is 24.3 Å². The van der Waals surface area contributed by atoms with Crippen molar-refractivity contribution in [2.24, 2.45) is 16.6 Å². The quantitative estimate of drug-likeness (QED) is 0.186. The van der Waals surface area contributed by atoms with Crippen molar-refractivity contribution in [3.8, 4) is 17.1 Å². The molecule has 2 aromatic carbocycles. The third-order valence-electron chi connectivity index (χ3n) is 4.63. The van der Waals surface area contributed by atoms with Gasteiger partial charge in [0.15, 0.2) is 11.6 Å². The van der Waals surface area contributed by atoms with Gasteiger partial charge in [0.25, 0.3) is 6.01 Å². The summed E-state index contributed by atoms with van der Waals surface area (Å²) in [5.41, 5.74) is 13.9. The van der Waals surface area contributed by atoms with Crippen LogP contribution in [0.25, 0.3) is 11.3 Å². The molecule has 0 unspecified atom stereocenters. The zero-order valence-electron chi connectivity index (χ0n) is 17.2. The van der Waals surface area contributed by atoms with Crippen molar-refractivity contribution in [1.82, 2.24) is 9.88 Å². The molecule has 6 N–H and O–H groups in total. The normalized spacial score (nSPS) is 11.3. The second-order valence-electron chi connectivity index (χ2n) is 6.67. The number of aromatic nitrogens is 1. The van der Waals surface area contributed by atoms with E-state index in [9.17, 15) is 4.79 Å². The monoisotopic (exact) mass is 424 g/mol. The van der Waals surface area contributed by atoms with Gasteiger partial charge in [0.2, 0.25) is 5.91 Å². The molecule has 1 heterocycles. The number of ether oxygens (including phenoxy) is 1. The minimum Gasteiger partial charge on any atom is -0.496 e. The molecule has 0 saturated heterocycles. The van der Waals surface area contributed by atoms with Crippen LogP contribution in [0.2, 0.25) is 0 Å². The van der Waals surface area contributed by atoms with Crippen LogP contribution in [0.4, 0.5) is 11.7 Å². The van der Waals surface area contributed by atoms with Gasteiger partial charge in [-0.25, -0.2) is 4.98 Å². The van der Waals surface area contributed by atoms with E-state index in [4.69, 9.17) is 25.8 Å². The second kappa shape index (κ2) is 9.63. The number of amides is 1. The van der Waals surface area contributed by atoms with Crippen LogP contribution in [-0.2, 0) is 11.3 Å².